The molecule has 3 aromatic rings. The van der Waals surface area contributed by atoms with E-state index in [1.165, 1.54) is 32.1 Å². The van der Waals surface area contributed by atoms with E-state index in [0.29, 0.717) is 5.75 Å². The van der Waals surface area contributed by atoms with Crippen LogP contribution in [0.1, 0.15) is 56.9 Å². The van der Waals surface area contributed by atoms with Gasteiger partial charge in [0.15, 0.2) is 0 Å². The molecule has 0 atom stereocenters. The van der Waals surface area contributed by atoms with Crippen LogP contribution < -0.4 is 9.47 Å². The third kappa shape index (κ3) is 8.75. The van der Waals surface area contributed by atoms with E-state index in [-0.39, 0.29) is 6.29 Å². The van der Waals surface area contributed by atoms with Crippen LogP contribution in [-0.2, 0) is 6.42 Å². The zero-order valence-electron chi connectivity index (χ0n) is 18.3. The van der Waals surface area contributed by atoms with E-state index < -0.39 is 0 Å². The predicted octanol–water partition coefficient (Wildman–Crippen LogP) is 7.54. The SMILES string of the molecule is Oc1ccccc1CCCCCCCCCC(Oc1ccccc1)Oc1ccccc1. The van der Waals surface area contributed by atoms with Crippen LogP contribution in [0.15, 0.2) is 84.9 Å². The summed E-state index contributed by atoms with van der Waals surface area (Å²) in [5.74, 6) is 2.10. The van der Waals surface area contributed by atoms with Crippen molar-refractivity contribution in [3.8, 4) is 17.2 Å². The second kappa shape index (κ2) is 13.4. The van der Waals surface area contributed by atoms with Gasteiger partial charge in [0.25, 0.3) is 0 Å². The van der Waals surface area contributed by atoms with Crippen LogP contribution >= 0.6 is 0 Å². The fourth-order valence-electron chi connectivity index (χ4n) is 3.68. The largest absolute Gasteiger partial charge is 0.508 e. The maximum Gasteiger partial charge on any atom is 0.241 e. The Morgan fingerprint density at radius 3 is 1.61 bits per heavy atom. The molecule has 0 aliphatic heterocycles. The first kappa shape index (κ1) is 22.7. The molecule has 0 fully saturated rings. The van der Waals surface area contributed by atoms with Gasteiger partial charge in [0.05, 0.1) is 0 Å². The molecule has 3 heteroatoms. The third-order valence-corrected chi connectivity index (χ3v) is 5.40. The number of phenolic OH excluding ortho intramolecular Hbond substituents is 1. The van der Waals surface area contributed by atoms with Gasteiger partial charge in [-0.15, -0.1) is 0 Å². The van der Waals surface area contributed by atoms with E-state index >= 15 is 0 Å². The number of rotatable bonds is 14. The fourth-order valence-corrected chi connectivity index (χ4v) is 3.68. The van der Waals surface area contributed by atoms with Crippen LogP contribution in [0.5, 0.6) is 17.2 Å². The number of ether oxygens (including phenoxy) is 2. The Balaban J connectivity index is 1.31. The van der Waals surface area contributed by atoms with E-state index in [1.807, 2.05) is 78.9 Å². The molecule has 0 unspecified atom stereocenters. The first-order chi connectivity index (χ1) is 15.3. The van der Waals surface area contributed by atoms with Crippen molar-refractivity contribution in [1.29, 1.82) is 0 Å². The normalized spacial score (nSPS) is 10.9. The zero-order valence-corrected chi connectivity index (χ0v) is 18.3. The Bertz CT molecular complexity index is 807. The number of aromatic hydroxyl groups is 1. The lowest BCUT2D eigenvalue weighted by Gasteiger charge is -2.20. The number of hydrogen-bond acceptors (Lipinski definition) is 3. The molecule has 0 spiro atoms. The van der Waals surface area contributed by atoms with Crippen LogP contribution in [0.2, 0.25) is 0 Å². The van der Waals surface area contributed by atoms with Crippen molar-refractivity contribution in [3.05, 3.63) is 90.5 Å². The minimum atomic E-state index is -0.275. The molecule has 0 aliphatic carbocycles. The molecule has 0 heterocycles. The van der Waals surface area contributed by atoms with Gasteiger partial charge >= 0.3 is 0 Å². The summed E-state index contributed by atoms with van der Waals surface area (Å²) in [5, 5.41) is 9.82. The molecular weight excluding hydrogens is 384 g/mol. The molecule has 3 aromatic carbocycles. The lowest BCUT2D eigenvalue weighted by molar-refractivity contribution is -0.00245. The zero-order chi connectivity index (χ0) is 21.6. The van der Waals surface area contributed by atoms with Gasteiger partial charge in [-0.3, -0.25) is 0 Å². The van der Waals surface area contributed by atoms with Gasteiger partial charge in [-0.1, -0.05) is 86.7 Å². The summed E-state index contributed by atoms with van der Waals surface area (Å²) in [6.45, 7) is 0. The van der Waals surface area contributed by atoms with Crippen LogP contribution in [0.3, 0.4) is 0 Å². The molecule has 0 saturated carbocycles. The molecule has 3 rings (SSSR count). The lowest BCUT2D eigenvalue weighted by Crippen LogP contribution is -2.23. The van der Waals surface area contributed by atoms with Gasteiger partial charge in [0.2, 0.25) is 6.29 Å². The van der Waals surface area contributed by atoms with Crippen LogP contribution in [0.4, 0.5) is 0 Å². The maximum atomic E-state index is 9.82. The van der Waals surface area contributed by atoms with E-state index in [0.717, 1.165) is 42.7 Å². The second-order valence-electron chi connectivity index (χ2n) is 7.93. The van der Waals surface area contributed by atoms with E-state index in [9.17, 15) is 5.11 Å². The number of unbranched alkanes of at least 4 members (excludes halogenated alkanes) is 6. The number of phenols is 1. The Kier molecular flexibility index (Phi) is 9.81. The summed E-state index contributed by atoms with van der Waals surface area (Å²) in [4.78, 5) is 0. The fraction of sp³-hybridized carbons (Fsp3) is 0.357. The van der Waals surface area contributed by atoms with Crippen molar-refractivity contribution in [3.63, 3.8) is 0 Å². The molecule has 31 heavy (non-hydrogen) atoms. The summed E-state index contributed by atoms with van der Waals surface area (Å²) < 4.78 is 12.2. The number of para-hydroxylation sites is 3. The molecule has 0 radical (unpaired) electrons. The Morgan fingerprint density at radius 2 is 1.03 bits per heavy atom. The molecule has 0 aromatic heterocycles. The number of benzene rings is 3. The molecule has 0 aliphatic rings. The van der Waals surface area contributed by atoms with Gasteiger partial charge < -0.3 is 14.6 Å². The summed E-state index contributed by atoms with van der Waals surface area (Å²) in [6, 6.07) is 27.4. The topological polar surface area (TPSA) is 38.7 Å². The minimum Gasteiger partial charge on any atom is -0.508 e. The monoisotopic (exact) mass is 418 g/mol. The highest BCUT2D eigenvalue weighted by Gasteiger charge is 2.12. The van der Waals surface area contributed by atoms with Gasteiger partial charge in [0, 0.05) is 6.42 Å². The molecule has 164 valence electrons. The highest BCUT2D eigenvalue weighted by atomic mass is 16.7. The van der Waals surface area contributed by atoms with E-state index in [1.54, 1.807) is 6.07 Å². The summed E-state index contributed by atoms with van der Waals surface area (Å²) >= 11 is 0. The third-order valence-electron chi connectivity index (χ3n) is 5.40. The molecule has 0 saturated heterocycles. The molecule has 0 bridgehead atoms. The average molecular weight is 419 g/mol. The quantitative estimate of drug-likeness (QED) is 0.217. The van der Waals surface area contributed by atoms with E-state index in [2.05, 4.69) is 0 Å². The van der Waals surface area contributed by atoms with E-state index in [4.69, 9.17) is 9.47 Å². The van der Waals surface area contributed by atoms with Crippen molar-refractivity contribution in [2.24, 2.45) is 0 Å². The summed E-state index contributed by atoms with van der Waals surface area (Å²) in [6.07, 6.45) is 9.92. The first-order valence-corrected chi connectivity index (χ1v) is 11.5. The smallest absolute Gasteiger partial charge is 0.241 e. The van der Waals surface area contributed by atoms with Crippen LogP contribution in [-0.4, -0.2) is 11.4 Å². The predicted molar refractivity (Wildman–Crippen MR) is 127 cm³/mol. The molecule has 3 nitrogen and oxygen atoms in total. The summed E-state index contributed by atoms with van der Waals surface area (Å²) in [7, 11) is 0. The standard InChI is InChI=1S/C28H34O3/c29-27-22-15-14-17-24(27)16-8-4-2-1-3-5-13-23-28(30-25-18-9-6-10-19-25)31-26-20-11-7-12-21-26/h6-7,9-12,14-15,17-22,28-29H,1-5,8,13,16,23H2. The highest BCUT2D eigenvalue weighted by molar-refractivity contribution is 5.31. The lowest BCUT2D eigenvalue weighted by atomic mass is 10.0. The summed E-state index contributed by atoms with van der Waals surface area (Å²) in [5.41, 5.74) is 1.06. The van der Waals surface area contributed by atoms with Gasteiger partial charge in [-0.2, -0.15) is 0 Å². The molecule has 0 amide bonds. The average Bonchev–Trinajstić information content (AvgIpc) is 2.80. The van der Waals surface area contributed by atoms with Crippen LogP contribution in [0, 0.1) is 0 Å². The van der Waals surface area contributed by atoms with Crippen molar-refractivity contribution in [2.75, 3.05) is 0 Å². The maximum absolute atomic E-state index is 9.82. The number of hydrogen-bond donors (Lipinski definition) is 1. The Labute approximate surface area is 186 Å². The highest BCUT2D eigenvalue weighted by Crippen LogP contribution is 2.21. The van der Waals surface area contributed by atoms with Gasteiger partial charge in [0.1, 0.15) is 17.2 Å². The van der Waals surface area contributed by atoms with Crippen molar-refractivity contribution >= 4 is 0 Å². The van der Waals surface area contributed by atoms with Crippen molar-refractivity contribution < 1.29 is 14.6 Å². The van der Waals surface area contributed by atoms with Crippen LogP contribution in [0.25, 0.3) is 0 Å². The second-order valence-corrected chi connectivity index (χ2v) is 7.93. The first-order valence-electron chi connectivity index (χ1n) is 11.5. The Hall–Kier alpha value is -2.94. The molecule has 1 N–H and O–H groups in total. The Morgan fingerprint density at radius 1 is 0.548 bits per heavy atom. The van der Waals surface area contributed by atoms with Gasteiger partial charge in [-0.25, -0.2) is 0 Å². The van der Waals surface area contributed by atoms with Crippen molar-refractivity contribution in [2.45, 2.75) is 64.1 Å². The molecular formula is C28H34O3. The van der Waals surface area contributed by atoms with Crippen molar-refractivity contribution in [1.82, 2.24) is 0 Å². The number of aryl methyl sites for hydroxylation is 1. The minimum absolute atomic E-state index is 0.275. The van der Waals surface area contributed by atoms with Gasteiger partial charge in [-0.05, 0) is 55.2 Å².